The van der Waals surface area contributed by atoms with Gasteiger partial charge < -0.3 is 14.6 Å². The van der Waals surface area contributed by atoms with Gasteiger partial charge in [-0.15, -0.1) is 10.2 Å². The average molecular weight is 509 g/mol. The number of hydrogen-bond donors (Lipinski definition) is 1. The number of pyridine rings is 1. The molecule has 37 heavy (non-hydrogen) atoms. The van der Waals surface area contributed by atoms with Crippen LogP contribution in [-0.4, -0.2) is 39.3 Å². The summed E-state index contributed by atoms with van der Waals surface area (Å²) in [4.78, 5) is 19.1. The molecule has 1 aliphatic heterocycles. The van der Waals surface area contributed by atoms with Crippen molar-refractivity contribution in [2.45, 2.75) is 19.6 Å². The van der Waals surface area contributed by atoms with Crippen LogP contribution < -0.4 is 15.0 Å². The lowest BCUT2D eigenvalue weighted by atomic mass is 9.99. The van der Waals surface area contributed by atoms with Crippen molar-refractivity contribution in [2.75, 3.05) is 23.9 Å². The first-order valence-electron chi connectivity index (χ1n) is 11.5. The van der Waals surface area contributed by atoms with Crippen LogP contribution >= 0.6 is 0 Å². The second-order valence-electron chi connectivity index (χ2n) is 8.53. The van der Waals surface area contributed by atoms with Crippen LogP contribution in [-0.2, 0) is 19.8 Å². The zero-order chi connectivity index (χ0) is 26.3. The van der Waals surface area contributed by atoms with Gasteiger partial charge in [0.1, 0.15) is 23.7 Å². The highest BCUT2D eigenvalue weighted by Gasteiger charge is 2.40. The number of aromatic nitrogens is 4. The number of nitrogens with one attached hydrogen (secondary N) is 1. The van der Waals surface area contributed by atoms with Crippen molar-refractivity contribution in [3.63, 3.8) is 0 Å². The van der Waals surface area contributed by atoms with Gasteiger partial charge in [0.15, 0.2) is 5.82 Å². The number of alkyl halides is 3. The van der Waals surface area contributed by atoms with Crippen LogP contribution in [0.1, 0.15) is 28.4 Å². The molecule has 11 heteroatoms. The van der Waals surface area contributed by atoms with Crippen LogP contribution in [0, 0.1) is 0 Å². The Morgan fingerprint density at radius 1 is 1.08 bits per heavy atom. The summed E-state index contributed by atoms with van der Waals surface area (Å²) >= 11 is 0. The largest absolute Gasteiger partial charge is 0.497 e. The van der Waals surface area contributed by atoms with Gasteiger partial charge in [-0.2, -0.15) is 13.2 Å². The van der Waals surface area contributed by atoms with E-state index in [4.69, 9.17) is 4.74 Å². The summed E-state index contributed by atoms with van der Waals surface area (Å²) in [5.74, 6) is 1.40. The van der Waals surface area contributed by atoms with Crippen LogP contribution in [0.5, 0.6) is 5.75 Å². The topological polar surface area (TPSA) is 85.2 Å². The minimum absolute atomic E-state index is 0.0243. The molecule has 0 fully saturated rings. The second kappa shape index (κ2) is 9.23. The number of methoxy groups -OCH3 is 1. The molecule has 4 aromatic rings. The molecule has 2 aromatic heterocycles. The number of benzene rings is 2. The van der Waals surface area contributed by atoms with E-state index in [-0.39, 0.29) is 23.5 Å². The number of halogens is 3. The molecule has 0 spiro atoms. The second-order valence-corrected chi connectivity index (χ2v) is 8.53. The zero-order valence-corrected chi connectivity index (χ0v) is 20.3. The number of carbonyl (C=O) groups excluding carboxylic acids is 1. The number of carbonyl (C=O) groups is 1. The molecular weight excluding hydrogens is 485 g/mol. The Labute approximate surface area is 210 Å². The van der Waals surface area contributed by atoms with Crippen molar-refractivity contribution < 1.29 is 22.7 Å². The molecule has 3 heterocycles. The Kier molecular flexibility index (Phi) is 6.06. The van der Waals surface area contributed by atoms with Gasteiger partial charge in [-0.25, -0.2) is 4.98 Å². The normalized spacial score (nSPS) is 13.1. The SMILES string of the molecule is CCNc1cc(-c2ccc(OC)cc2-c2nncn2C)cc(N2Cc3c(cccc3C(F)(F)F)C2=O)n1. The number of aryl methyl sites for hydroxylation is 1. The number of anilines is 2. The summed E-state index contributed by atoms with van der Waals surface area (Å²) in [5.41, 5.74) is 1.34. The molecule has 1 amide bonds. The first-order valence-corrected chi connectivity index (χ1v) is 11.5. The molecule has 0 radical (unpaired) electrons. The van der Waals surface area contributed by atoms with Crippen LogP contribution in [0.3, 0.4) is 0 Å². The number of hydrogen-bond acceptors (Lipinski definition) is 6. The molecule has 1 N–H and O–H groups in total. The quantitative estimate of drug-likeness (QED) is 0.387. The minimum atomic E-state index is -4.57. The van der Waals surface area contributed by atoms with Crippen molar-refractivity contribution in [2.24, 2.45) is 7.05 Å². The Morgan fingerprint density at radius 2 is 1.89 bits per heavy atom. The van der Waals surface area contributed by atoms with E-state index in [0.717, 1.165) is 17.2 Å². The maximum Gasteiger partial charge on any atom is 0.416 e. The highest BCUT2D eigenvalue weighted by Crippen LogP contribution is 2.40. The van der Waals surface area contributed by atoms with Gasteiger partial charge in [0.2, 0.25) is 0 Å². The van der Waals surface area contributed by atoms with Crippen molar-refractivity contribution in [3.05, 3.63) is 71.5 Å². The molecule has 8 nitrogen and oxygen atoms in total. The number of rotatable bonds is 6. The highest BCUT2D eigenvalue weighted by molar-refractivity contribution is 6.10. The first kappa shape index (κ1) is 24.3. The van der Waals surface area contributed by atoms with Crippen LogP contribution in [0.4, 0.5) is 24.8 Å². The number of nitrogens with zero attached hydrogens (tertiary/aromatic N) is 5. The van der Waals surface area contributed by atoms with Gasteiger partial charge in [-0.1, -0.05) is 6.07 Å². The number of fused-ring (bicyclic) bond motifs is 1. The molecule has 0 unspecified atom stereocenters. The fraction of sp³-hybridized carbons (Fsp3) is 0.231. The molecule has 1 aliphatic rings. The van der Waals surface area contributed by atoms with E-state index in [1.54, 1.807) is 30.1 Å². The molecule has 0 saturated carbocycles. The third kappa shape index (κ3) is 4.37. The van der Waals surface area contributed by atoms with Crippen LogP contribution in [0.2, 0.25) is 0 Å². The summed E-state index contributed by atoms with van der Waals surface area (Å²) in [5, 5.41) is 11.4. The summed E-state index contributed by atoms with van der Waals surface area (Å²) < 4.78 is 48.1. The third-order valence-corrected chi connectivity index (χ3v) is 6.21. The lowest BCUT2D eigenvalue weighted by Gasteiger charge is -2.19. The number of amides is 1. The van der Waals surface area contributed by atoms with Crippen molar-refractivity contribution >= 4 is 17.5 Å². The van der Waals surface area contributed by atoms with Gasteiger partial charge in [0.05, 0.1) is 19.2 Å². The Balaban J connectivity index is 1.65. The van der Waals surface area contributed by atoms with E-state index in [0.29, 0.717) is 29.5 Å². The van der Waals surface area contributed by atoms with Gasteiger partial charge in [0, 0.05) is 24.7 Å². The minimum Gasteiger partial charge on any atom is -0.497 e. The smallest absolute Gasteiger partial charge is 0.416 e. The molecule has 0 bridgehead atoms. The van der Waals surface area contributed by atoms with E-state index in [2.05, 4.69) is 20.5 Å². The molecule has 0 aliphatic carbocycles. The van der Waals surface area contributed by atoms with Gasteiger partial charge in [0.25, 0.3) is 5.91 Å². The van der Waals surface area contributed by atoms with E-state index in [1.807, 2.05) is 32.2 Å². The maximum atomic E-state index is 13.6. The van der Waals surface area contributed by atoms with Gasteiger partial charge in [-0.3, -0.25) is 9.69 Å². The Bertz CT molecular complexity index is 1500. The van der Waals surface area contributed by atoms with Crippen LogP contribution in [0.25, 0.3) is 22.5 Å². The van der Waals surface area contributed by atoms with Gasteiger partial charge >= 0.3 is 6.18 Å². The molecule has 5 rings (SSSR count). The fourth-order valence-electron chi connectivity index (χ4n) is 4.48. The predicted octanol–water partition coefficient (Wildman–Crippen LogP) is 5.16. The van der Waals surface area contributed by atoms with E-state index < -0.39 is 17.6 Å². The van der Waals surface area contributed by atoms with Crippen LogP contribution in [0.15, 0.2) is 54.9 Å². The first-order chi connectivity index (χ1) is 17.7. The van der Waals surface area contributed by atoms with E-state index >= 15 is 0 Å². The van der Waals surface area contributed by atoms with Gasteiger partial charge in [-0.05, 0) is 66.1 Å². The average Bonchev–Trinajstić information content (AvgIpc) is 3.46. The standard InChI is InChI=1S/C26H23F3N6O2/c1-4-30-22-10-15(17-9-8-16(37-3)12-19(17)24-33-31-14-34(24)2)11-23(32-22)35-13-20-18(25(35)36)6-5-7-21(20)26(27,28)29/h5-12,14H,4,13H2,1-3H3,(H,30,32). The number of ether oxygens (including phenoxy) is 1. The van der Waals surface area contributed by atoms with Crippen molar-refractivity contribution in [1.29, 1.82) is 0 Å². The summed E-state index contributed by atoms with van der Waals surface area (Å²) in [6.45, 7) is 2.23. The maximum absolute atomic E-state index is 13.6. The summed E-state index contributed by atoms with van der Waals surface area (Å²) in [7, 11) is 3.38. The van der Waals surface area contributed by atoms with Crippen molar-refractivity contribution in [1.82, 2.24) is 19.7 Å². The molecule has 0 saturated heterocycles. The van der Waals surface area contributed by atoms with Crippen molar-refractivity contribution in [3.8, 4) is 28.3 Å². The third-order valence-electron chi connectivity index (χ3n) is 6.21. The molecule has 2 aromatic carbocycles. The molecule has 0 atom stereocenters. The van der Waals surface area contributed by atoms with E-state index in [1.165, 1.54) is 17.0 Å². The Morgan fingerprint density at radius 3 is 2.57 bits per heavy atom. The van der Waals surface area contributed by atoms with E-state index in [9.17, 15) is 18.0 Å². The lowest BCUT2D eigenvalue weighted by Crippen LogP contribution is -2.24. The zero-order valence-electron chi connectivity index (χ0n) is 20.3. The molecule has 190 valence electrons. The fourth-order valence-corrected chi connectivity index (χ4v) is 4.48. The lowest BCUT2D eigenvalue weighted by molar-refractivity contribution is -0.138. The Hall–Kier alpha value is -4.41. The predicted molar refractivity (Wildman–Crippen MR) is 132 cm³/mol. The summed E-state index contributed by atoms with van der Waals surface area (Å²) in [6, 6.07) is 12.7. The highest BCUT2D eigenvalue weighted by atomic mass is 19.4. The monoisotopic (exact) mass is 508 g/mol. The molecular formula is C26H23F3N6O2. The summed E-state index contributed by atoms with van der Waals surface area (Å²) in [6.07, 6.45) is -2.99.